The summed E-state index contributed by atoms with van der Waals surface area (Å²) in [7, 11) is 1.67. The molecule has 5 aromatic rings. The molecule has 0 aliphatic heterocycles. The molecule has 0 spiro atoms. The Morgan fingerprint density at radius 3 is 2.73 bits per heavy atom. The van der Waals surface area contributed by atoms with Gasteiger partial charge in [-0.3, -0.25) is 14.5 Å². The maximum absolute atomic E-state index is 14.7. The summed E-state index contributed by atoms with van der Waals surface area (Å²) in [4.78, 5) is 23.5. The lowest BCUT2D eigenvalue weighted by atomic mass is 10.0. The van der Waals surface area contributed by atoms with E-state index in [1.165, 1.54) is 10.6 Å². The quantitative estimate of drug-likeness (QED) is 0.503. The zero-order chi connectivity index (χ0) is 17.8. The Bertz CT molecular complexity index is 1380. The molecule has 0 amide bonds. The average Bonchev–Trinajstić information content (AvgIpc) is 2.95. The fourth-order valence-electron chi connectivity index (χ4n) is 3.33. The van der Waals surface area contributed by atoms with Crippen LogP contribution in [0, 0.1) is 5.82 Å². The molecule has 0 aliphatic rings. The van der Waals surface area contributed by atoms with Crippen LogP contribution in [-0.4, -0.2) is 19.5 Å². The third kappa shape index (κ3) is 2.05. The van der Waals surface area contributed by atoms with E-state index in [2.05, 4.69) is 15.0 Å². The van der Waals surface area contributed by atoms with Crippen LogP contribution in [0.1, 0.15) is 0 Å². The van der Waals surface area contributed by atoms with Crippen LogP contribution in [0.5, 0.6) is 0 Å². The Labute approximate surface area is 146 Å². The van der Waals surface area contributed by atoms with Crippen molar-refractivity contribution in [2.75, 3.05) is 0 Å². The number of nitrogens with zero attached hydrogens (tertiary/aromatic N) is 3. The molecule has 5 nitrogen and oxygen atoms in total. The van der Waals surface area contributed by atoms with Crippen LogP contribution in [0.15, 0.2) is 59.7 Å². The van der Waals surface area contributed by atoms with Crippen LogP contribution in [0.25, 0.3) is 44.0 Å². The van der Waals surface area contributed by atoms with E-state index in [1.54, 1.807) is 25.5 Å². The van der Waals surface area contributed by atoms with Gasteiger partial charge in [0.15, 0.2) is 0 Å². The Morgan fingerprint density at radius 1 is 1.04 bits per heavy atom. The number of H-pyrrole nitrogens is 1. The molecule has 0 bridgehead atoms. The van der Waals surface area contributed by atoms with Crippen molar-refractivity contribution in [3.63, 3.8) is 0 Å². The van der Waals surface area contributed by atoms with Gasteiger partial charge in [-0.15, -0.1) is 0 Å². The lowest BCUT2D eigenvalue weighted by molar-refractivity contribution is 0.633. The van der Waals surface area contributed by atoms with Gasteiger partial charge >= 0.3 is 5.69 Å². The molecule has 0 saturated carbocycles. The fourth-order valence-corrected chi connectivity index (χ4v) is 3.33. The molecular weight excluding hydrogens is 331 g/mol. The summed E-state index contributed by atoms with van der Waals surface area (Å²) in [5.41, 5.74) is 3.55. The highest BCUT2D eigenvalue weighted by molar-refractivity contribution is 6.03. The Morgan fingerprint density at radius 2 is 1.85 bits per heavy atom. The number of aromatic amines is 1. The van der Waals surface area contributed by atoms with Gasteiger partial charge in [0.2, 0.25) is 0 Å². The predicted octanol–water partition coefficient (Wildman–Crippen LogP) is 3.77. The second kappa shape index (κ2) is 5.23. The van der Waals surface area contributed by atoms with Crippen LogP contribution < -0.4 is 5.69 Å². The number of hydrogen-bond acceptors (Lipinski definition) is 3. The van der Waals surface area contributed by atoms with Crippen LogP contribution in [0.4, 0.5) is 4.39 Å². The van der Waals surface area contributed by atoms with Gasteiger partial charge in [0.1, 0.15) is 5.82 Å². The molecule has 0 saturated heterocycles. The summed E-state index contributed by atoms with van der Waals surface area (Å²) in [6, 6.07) is 12.7. The molecule has 3 heterocycles. The number of aryl methyl sites for hydroxylation is 1. The van der Waals surface area contributed by atoms with Crippen molar-refractivity contribution in [3.05, 3.63) is 71.2 Å². The molecule has 5 rings (SSSR count). The highest BCUT2D eigenvalue weighted by Crippen LogP contribution is 2.31. The van der Waals surface area contributed by atoms with Gasteiger partial charge in [-0.25, -0.2) is 9.18 Å². The molecular formula is C20H13FN4O. The first kappa shape index (κ1) is 14.8. The minimum absolute atomic E-state index is 0.229. The van der Waals surface area contributed by atoms with E-state index >= 15 is 0 Å². The topological polar surface area (TPSA) is 63.6 Å². The molecule has 0 aliphatic carbocycles. The number of hydrogen-bond donors (Lipinski definition) is 1. The SMILES string of the molecule is Cn1c(=O)[nH]c2c3cc(-c4cnc5ccccc5c4)c(F)cc3ncc21. The molecule has 0 unspecified atom stereocenters. The molecule has 0 radical (unpaired) electrons. The zero-order valence-electron chi connectivity index (χ0n) is 13.8. The number of fused-ring (bicyclic) bond motifs is 4. The second-order valence-electron chi connectivity index (χ2n) is 6.27. The van der Waals surface area contributed by atoms with Crippen molar-refractivity contribution in [3.8, 4) is 11.1 Å². The molecule has 2 aromatic carbocycles. The minimum atomic E-state index is -0.375. The molecule has 0 fully saturated rings. The van der Waals surface area contributed by atoms with Crippen molar-refractivity contribution in [1.82, 2.24) is 19.5 Å². The molecule has 0 atom stereocenters. The average molecular weight is 344 g/mol. The summed E-state index contributed by atoms with van der Waals surface area (Å²) in [5.74, 6) is -0.375. The first-order valence-corrected chi connectivity index (χ1v) is 8.14. The predicted molar refractivity (Wildman–Crippen MR) is 99.5 cm³/mol. The molecule has 3 aromatic heterocycles. The number of rotatable bonds is 1. The lowest BCUT2D eigenvalue weighted by Gasteiger charge is -2.08. The lowest BCUT2D eigenvalue weighted by Crippen LogP contribution is -2.11. The van der Waals surface area contributed by atoms with E-state index in [1.807, 2.05) is 30.3 Å². The third-order valence-corrected chi connectivity index (χ3v) is 4.74. The standard InChI is InChI=1S/C20H13FN4O/c1-25-18-10-23-17-8-15(21)13(7-14(17)19(18)24-20(25)26)12-6-11-4-2-3-5-16(11)22-9-12/h2-10H,1H3,(H,24,26). The van der Waals surface area contributed by atoms with E-state index in [4.69, 9.17) is 0 Å². The van der Waals surface area contributed by atoms with Gasteiger partial charge in [-0.1, -0.05) is 18.2 Å². The Balaban J connectivity index is 1.83. The van der Waals surface area contributed by atoms with E-state index in [-0.39, 0.29) is 11.5 Å². The minimum Gasteiger partial charge on any atom is -0.305 e. The first-order valence-electron chi connectivity index (χ1n) is 8.14. The van der Waals surface area contributed by atoms with E-state index in [0.717, 1.165) is 10.9 Å². The number of benzene rings is 2. The summed E-state index contributed by atoms with van der Waals surface area (Å²) in [6.45, 7) is 0. The van der Waals surface area contributed by atoms with E-state index < -0.39 is 0 Å². The number of pyridine rings is 2. The van der Waals surface area contributed by atoms with Crippen molar-refractivity contribution in [2.45, 2.75) is 0 Å². The number of aromatic nitrogens is 4. The fraction of sp³-hybridized carbons (Fsp3) is 0.0500. The maximum atomic E-state index is 14.7. The summed E-state index contributed by atoms with van der Waals surface area (Å²) < 4.78 is 16.2. The van der Waals surface area contributed by atoms with Crippen molar-refractivity contribution in [1.29, 1.82) is 0 Å². The number of nitrogens with one attached hydrogen (secondary N) is 1. The van der Waals surface area contributed by atoms with Crippen LogP contribution in [0.3, 0.4) is 0 Å². The van der Waals surface area contributed by atoms with Gasteiger partial charge < -0.3 is 4.98 Å². The summed E-state index contributed by atoms with van der Waals surface area (Å²) in [5, 5.41) is 1.64. The highest BCUT2D eigenvalue weighted by atomic mass is 19.1. The smallest absolute Gasteiger partial charge is 0.305 e. The van der Waals surface area contributed by atoms with Gasteiger partial charge in [0, 0.05) is 41.2 Å². The number of halogens is 1. The largest absolute Gasteiger partial charge is 0.326 e. The highest BCUT2D eigenvalue weighted by Gasteiger charge is 2.13. The molecule has 126 valence electrons. The van der Waals surface area contributed by atoms with Crippen LogP contribution in [0.2, 0.25) is 0 Å². The molecule has 26 heavy (non-hydrogen) atoms. The summed E-state index contributed by atoms with van der Waals surface area (Å²) in [6.07, 6.45) is 3.24. The maximum Gasteiger partial charge on any atom is 0.326 e. The summed E-state index contributed by atoms with van der Waals surface area (Å²) >= 11 is 0. The monoisotopic (exact) mass is 344 g/mol. The van der Waals surface area contributed by atoms with Crippen molar-refractivity contribution >= 4 is 32.8 Å². The van der Waals surface area contributed by atoms with Gasteiger partial charge in [-0.2, -0.15) is 0 Å². The van der Waals surface area contributed by atoms with Gasteiger partial charge in [0.25, 0.3) is 0 Å². The van der Waals surface area contributed by atoms with Crippen LogP contribution >= 0.6 is 0 Å². The Hall–Kier alpha value is -3.54. The zero-order valence-corrected chi connectivity index (χ0v) is 13.8. The van der Waals surface area contributed by atoms with E-state index in [9.17, 15) is 9.18 Å². The van der Waals surface area contributed by atoms with Gasteiger partial charge in [0.05, 0.1) is 28.3 Å². The molecule has 6 heteroatoms. The number of para-hydroxylation sites is 1. The number of imidazole rings is 1. The van der Waals surface area contributed by atoms with E-state index in [0.29, 0.717) is 33.1 Å². The second-order valence-corrected chi connectivity index (χ2v) is 6.27. The van der Waals surface area contributed by atoms with Crippen LogP contribution in [-0.2, 0) is 7.05 Å². The molecule has 1 N–H and O–H groups in total. The normalized spacial score (nSPS) is 11.6. The van der Waals surface area contributed by atoms with Crippen molar-refractivity contribution < 1.29 is 4.39 Å². The van der Waals surface area contributed by atoms with Crippen molar-refractivity contribution in [2.24, 2.45) is 7.05 Å². The Kier molecular flexibility index (Phi) is 2.97. The first-order chi connectivity index (χ1) is 12.6. The third-order valence-electron chi connectivity index (χ3n) is 4.74. The van der Waals surface area contributed by atoms with Gasteiger partial charge in [-0.05, 0) is 18.2 Å².